The number of hydrogen-bond donors (Lipinski definition) is 4. The Kier molecular flexibility index (Phi) is 15.9. The summed E-state index contributed by atoms with van der Waals surface area (Å²) in [5, 5.41) is 45.9. The molecule has 5 aromatic rings. The molecule has 2 aromatic heterocycles. The van der Waals surface area contributed by atoms with Gasteiger partial charge in [0.25, 0.3) is 6.01 Å². The van der Waals surface area contributed by atoms with E-state index in [-0.39, 0.29) is 63.2 Å². The maximum Gasteiger partial charge on any atom is 0.511 e. The number of nitrogens with zero attached hydrogens (tertiary/aromatic N) is 8. The van der Waals surface area contributed by atoms with Crippen molar-refractivity contribution in [2.45, 2.75) is 52.7 Å². The van der Waals surface area contributed by atoms with Crippen LogP contribution < -0.4 is 4.74 Å². The molecule has 0 fully saturated rings. The van der Waals surface area contributed by atoms with Crippen LogP contribution in [0.15, 0.2) is 66.7 Å². The number of esters is 1. The molecule has 2 unspecified atom stereocenters. The van der Waals surface area contributed by atoms with Crippen LogP contribution in [0.5, 0.6) is 6.01 Å². The fourth-order valence-electron chi connectivity index (χ4n) is 5.45. The molecule has 2 heterocycles. The molecule has 0 radical (unpaired) electrons. The standard InChI is InChI=1S/C36H42N8O15/c1-4-52-34-37-30-13-7-12-29(33(45)58-24(3)59-36(47)54-19-9-21-56-44(50)51)31(30)41(34)22-25-14-16-26(17-15-25)27-10-5-6-11-28(27)32-38-40-42(39-32)23(2)57-35(46)53-18-8-20-55-43(48)49/h5-7,10-17,23-24,48-51H,4,8-9,18-22H2,1-3H3. The molecule has 316 valence electrons. The third-order valence-electron chi connectivity index (χ3n) is 7.98. The minimum absolute atomic E-state index is 0.0969. The van der Waals surface area contributed by atoms with Crippen LogP contribution in [0.1, 0.15) is 55.8 Å². The maximum atomic E-state index is 13.4. The van der Waals surface area contributed by atoms with E-state index in [4.69, 9.17) is 49.3 Å². The van der Waals surface area contributed by atoms with E-state index in [0.717, 1.165) is 21.5 Å². The Bertz CT molecular complexity index is 2140. The van der Waals surface area contributed by atoms with Crippen molar-refractivity contribution in [1.29, 1.82) is 0 Å². The first kappa shape index (κ1) is 43.8. The van der Waals surface area contributed by atoms with Gasteiger partial charge in [0.15, 0.2) is 0 Å². The van der Waals surface area contributed by atoms with Gasteiger partial charge in [0.1, 0.15) is 0 Å². The number of carbonyl (C=O) groups excluding carboxylic acids is 3. The molecule has 0 aliphatic heterocycles. The van der Waals surface area contributed by atoms with Crippen molar-refractivity contribution in [2.75, 3.05) is 33.0 Å². The van der Waals surface area contributed by atoms with Crippen molar-refractivity contribution in [1.82, 2.24) is 40.5 Å². The number of rotatable bonds is 21. The monoisotopic (exact) mass is 826 g/mol. The van der Waals surface area contributed by atoms with Gasteiger partial charge in [0.05, 0.1) is 67.0 Å². The van der Waals surface area contributed by atoms with Gasteiger partial charge in [-0.3, -0.25) is 35.1 Å². The Morgan fingerprint density at radius 1 is 0.763 bits per heavy atom. The highest BCUT2D eigenvalue weighted by Crippen LogP contribution is 2.32. The number of ether oxygens (including phenoxy) is 6. The molecule has 23 heteroatoms. The van der Waals surface area contributed by atoms with Gasteiger partial charge in [-0.2, -0.15) is 4.98 Å². The van der Waals surface area contributed by atoms with E-state index in [1.165, 1.54) is 13.8 Å². The molecule has 5 rings (SSSR count). The highest BCUT2D eigenvalue weighted by molar-refractivity contribution is 6.02. The van der Waals surface area contributed by atoms with E-state index < -0.39 is 41.6 Å². The van der Waals surface area contributed by atoms with Crippen molar-refractivity contribution in [3.8, 4) is 28.5 Å². The highest BCUT2D eigenvalue weighted by Gasteiger charge is 2.24. The van der Waals surface area contributed by atoms with Crippen LogP contribution in [0.25, 0.3) is 33.5 Å². The van der Waals surface area contributed by atoms with Crippen LogP contribution in [-0.4, -0.2) is 119 Å². The number of carbonyl (C=O) groups is 3. The molecule has 0 aliphatic carbocycles. The molecule has 0 saturated carbocycles. The summed E-state index contributed by atoms with van der Waals surface area (Å²) < 4.78 is 33.1. The lowest BCUT2D eigenvalue weighted by molar-refractivity contribution is -0.493. The molecule has 0 bridgehead atoms. The molecule has 4 N–H and O–H groups in total. The predicted molar refractivity (Wildman–Crippen MR) is 195 cm³/mol. The Balaban J connectivity index is 1.27. The first-order valence-electron chi connectivity index (χ1n) is 18.0. The molecule has 59 heavy (non-hydrogen) atoms. The quantitative estimate of drug-likeness (QED) is 0.0251. The number of aromatic nitrogens is 6. The highest BCUT2D eigenvalue weighted by atomic mass is 17.1. The molecule has 23 nitrogen and oxygen atoms in total. The number of tetrazole rings is 1. The van der Waals surface area contributed by atoms with Crippen molar-refractivity contribution in [3.05, 3.63) is 77.9 Å². The lowest BCUT2D eigenvalue weighted by atomic mass is 9.98. The topological polar surface area (TPSA) is 274 Å². The molecule has 2 atom stereocenters. The number of fused-ring (bicyclic) bond motifs is 1. The van der Waals surface area contributed by atoms with Gasteiger partial charge in [0.2, 0.25) is 18.3 Å². The van der Waals surface area contributed by atoms with E-state index in [0.29, 0.717) is 23.2 Å². The van der Waals surface area contributed by atoms with E-state index in [1.807, 2.05) is 55.5 Å². The Hall–Kier alpha value is -6.31. The van der Waals surface area contributed by atoms with Gasteiger partial charge in [-0.05, 0) is 47.9 Å². The minimum Gasteiger partial charge on any atom is -0.465 e. The van der Waals surface area contributed by atoms with Crippen LogP contribution >= 0.6 is 0 Å². The zero-order valence-electron chi connectivity index (χ0n) is 32.0. The van der Waals surface area contributed by atoms with Crippen LogP contribution in [0.2, 0.25) is 0 Å². The van der Waals surface area contributed by atoms with Crippen molar-refractivity contribution < 1.29 is 73.3 Å². The molecule has 0 aliphatic rings. The lowest BCUT2D eigenvalue weighted by Gasteiger charge is -2.15. The van der Waals surface area contributed by atoms with Crippen LogP contribution in [0.3, 0.4) is 0 Å². The number of imidazole rings is 1. The minimum atomic E-state index is -1.32. The van der Waals surface area contributed by atoms with E-state index >= 15 is 0 Å². The van der Waals surface area contributed by atoms with Crippen molar-refractivity contribution in [3.63, 3.8) is 0 Å². The zero-order valence-corrected chi connectivity index (χ0v) is 32.0. The molecule has 0 saturated heterocycles. The molecule has 3 aromatic carbocycles. The second kappa shape index (κ2) is 21.4. The van der Waals surface area contributed by atoms with Crippen molar-refractivity contribution >= 4 is 29.3 Å². The number of hydrogen-bond acceptors (Lipinski definition) is 21. The third kappa shape index (κ3) is 12.6. The normalized spacial score (nSPS) is 12.4. The zero-order chi connectivity index (χ0) is 42.3. The Morgan fingerprint density at radius 3 is 2.05 bits per heavy atom. The average Bonchev–Trinajstić information content (AvgIpc) is 3.83. The Morgan fingerprint density at radius 2 is 1.41 bits per heavy atom. The van der Waals surface area contributed by atoms with Gasteiger partial charge in [-0.15, -0.1) is 15.0 Å². The smallest absolute Gasteiger partial charge is 0.465 e. The average molecular weight is 827 g/mol. The van der Waals surface area contributed by atoms with Gasteiger partial charge in [-0.25, -0.2) is 14.4 Å². The first-order valence-corrected chi connectivity index (χ1v) is 18.0. The fourth-order valence-corrected chi connectivity index (χ4v) is 5.45. The molecule has 0 spiro atoms. The molecule has 0 amide bonds. The summed E-state index contributed by atoms with van der Waals surface area (Å²) in [6.07, 6.45) is -4.08. The number of benzene rings is 3. The van der Waals surface area contributed by atoms with Gasteiger partial charge < -0.3 is 28.4 Å². The summed E-state index contributed by atoms with van der Waals surface area (Å²) >= 11 is 0. The lowest BCUT2D eigenvalue weighted by Crippen LogP contribution is -2.23. The van der Waals surface area contributed by atoms with Gasteiger partial charge in [0, 0.05) is 25.3 Å². The summed E-state index contributed by atoms with van der Waals surface area (Å²) in [5.74, 6) is -0.519. The first-order chi connectivity index (χ1) is 28.4. The van der Waals surface area contributed by atoms with E-state index in [2.05, 4.69) is 30.1 Å². The van der Waals surface area contributed by atoms with Crippen LogP contribution in [-0.2, 0) is 39.9 Å². The second-order valence-corrected chi connectivity index (χ2v) is 12.1. The van der Waals surface area contributed by atoms with E-state index in [9.17, 15) is 14.4 Å². The fraction of sp³-hybridized carbons (Fsp3) is 0.361. The van der Waals surface area contributed by atoms with Crippen LogP contribution in [0.4, 0.5) is 9.59 Å². The Labute approximate surface area is 335 Å². The molecular weight excluding hydrogens is 784 g/mol. The summed E-state index contributed by atoms with van der Waals surface area (Å²) in [4.78, 5) is 52.1. The van der Waals surface area contributed by atoms with Gasteiger partial charge in [-0.1, -0.05) is 54.6 Å². The summed E-state index contributed by atoms with van der Waals surface area (Å²) in [6.45, 7) is 4.74. The largest absolute Gasteiger partial charge is 0.511 e. The van der Waals surface area contributed by atoms with E-state index in [1.54, 1.807) is 22.8 Å². The summed E-state index contributed by atoms with van der Waals surface area (Å²) in [6, 6.07) is 20.3. The summed E-state index contributed by atoms with van der Waals surface area (Å²) in [5.41, 5.74) is 4.16. The summed E-state index contributed by atoms with van der Waals surface area (Å²) in [7, 11) is 0. The van der Waals surface area contributed by atoms with Crippen LogP contribution in [0, 0.1) is 0 Å². The second-order valence-electron chi connectivity index (χ2n) is 12.1. The van der Waals surface area contributed by atoms with Gasteiger partial charge >= 0.3 is 18.3 Å². The molecular formula is C36H42N8O15. The third-order valence-corrected chi connectivity index (χ3v) is 7.98. The predicted octanol–water partition coefficient (Wildman–Crippen LogP) is 4.94. The SMILES string of the molecule is CCOc1nc2cccc(C(=O)OC(C)OC(=O)OCCCON(O)O)c2n1Cc1ccc(-c2ccccc2-c2nnn(C(C)OC(=O)OCCCON(O)O)n2)cc1. The van der Waals surface area contributed by atoms with Crippen molar-refractivity contribution in [2.24, 2.45) is 0 Å². The maximum absolute atomic E-state index is 13.4. The number of para-hydroxylation sites is 1.